The number of methoxy groups -OCH3 is 1. The van der Waals surface area contributed by atoms with Gasteiger partial charge in [-0.3, -0.25) is 9.59 Å². The van der Waals surface area contributed by atoms with Crippen molar-refractivity contribution in [1.82, 2.24) is 19.8 Å². The maximum absolute atomic E-state index is 12.9. The molecule has 0 N–H and O–H groups in total. The van der Waals surface area contributed by atoms with Gasteiger partial charge in [0.25, 0.3) is 11.8 Å². The molecule has 7 heteroatoms. The molecular formula is C22H28N4O3. The number of benzene rings is 1. The second kappa shape index (κ2) is 9.03. The minimum Gasteiger partial charge on any atom is -0.497 e. The highest BCUT2D eigenvalue weighted by atomic mass is 16.5. The quantitative estimate of drug-likeness (QED) is 0.794. The molecule has 1 atom stereocenters. The van der Waals surface area contributed by atoms with Crippen LogP contribution in [0.2, 0.25) is 0 Å². The lowest BCUT2D eigenvalue weighted by Gasteiger charge is -2.27. The van der Waals surface area contributed by atoms with Crippen molar-refractivity contribution in [3.8, 4) is 5.75 Å². The van der Waals surface area contributed by atoms with E-state index in [0.29, 0.717) is 41.5 Å². The Morgan fingerprint density at radius 1 is 1.21 bits per heavy atom. The third-order valence-corrected chi connectivity index (χ3v) is 5.50. The number of amides is 2. The second-order valence-corrected chi connectivity index (χ2v) is 7.44. The molecule has 1 fully saturated rings. The number of aryl methyl sites for hydroxylation is 2. The Bertz CT molecular complexity index is 899. The van der Waals surface area contributed by atoms with Crippen molar-refractivity contribution < 1.29 is 14.3 Å². The van der Waals surface area contributed by atoms with Gasteiger partial charge in [0.2, 0.25) is 0 Å². The molecule has 1 saturated heterocycles. The summed E-state index contributed by atoms with van der Waals surface area (Å²) < 4.78 is 5.22. The first-order chi connectivity index (χ1) is 13.9. The summed E-state index contributed by atoms with van der Waals surface area (Å²) in [7, 11) is 3.42. The molecule has 2 amide bonds. The highest BCUT2D eigenvalue weighted by molar-refractivity contribution is 5.95. The molecule has 1 aromatic carbocycles. The first-order valence-electron chi connectivity index (χ1n) is 9.91. The number of carbonyl (C=O) groups excluding carboxylic acids is 2. The number of carbonyl (C=O) groups is 2. The van der Waals surface area contributed by atoms with Crippen LogP contribution in [-0.4, -0.2) is 64.9 Å². The molecule has 29 heavy (non-hydrogen) atoms. The van der Waals surface area contributed by atoms with E-state index in [1.54, 1.807) is 30.3 Å². The lowest BCUT2D eigenvalue weighted by Crippen LogP contribution is -2.38. The molecule has 0 unspecified atom stereocenters. The average Bonchev–Trinajstić information content (AvgIpc) is 2.98. The van der Waals surface area contributed by atoms with E-state index in [0.717, 1.165) is 19.3 Å². The fourth-order valence-corrected chi connectivity index (χ4v) is 3.76. The standard InChI is InChI=1S/C22H28N4O3/c1-15-20(14-23-16(2)24-15)22(28)26-11-6-8-18(10-12-26)25(3)21(27)17-7-5-9-19(13-17)29-4/h5,7,9,13-14,18H,6,8,10-12H2,1-4H3/t18-/m0/s1. The normalized spacial score (nSPS) is 16.8. The maximum atomic E-state index is 12.9. The predicted molar refractivity (Wildman–Crippen MR) is 110 cm³/mol. The maximum Gasteiger partial charge on any atom is 0.257 e. The van der Waals surface area contributed by atoms with Gasteiger partial charge in [0.15, 0.2) is 0 Å². The van der Waals surface area contributed by atoms with Crippen molar-refractivity contribution in [2.45, 2.75) is 39.2 Å². The molecule has 154 valence electrons. The van der Waals surface area contributed by atoms with Gasteiger partial charge in [0, 0.05) is 37.9 Å². The van der Waals surface area contributed by atoms with E-state index in [4.69, 9.17) is 4.74 Å². The Labute approximate surface area is 171 Å². The van der Waals surface area contributed by atoms with Gasteiger partial charge in [-0.05, 0) is 51.3 Å². The van der Waals surface area contributed by atoms with Crippen LogP contribution in [0.25, 0.3) is 0 Å². The molecular weight excluding hydrogens is 368 g/mol. The molecule has 1 aliphatic heterocycles. The topological polar surface area (TPSA) is 75.6 Å². The van der Waals surface area contributed by atoms with Crippen LogP contribution in [0.5, 0.6) is 5.75 Å². The van der Waals surface area contributed by atoms with Crippen molar-refractivity contribution >= 4 is 11.8 Å². The van der Waals surface area contributed by atoms with Crippen molar-refractivity contribution in [2.24, 2.45) is 0 Å². The van der Waals surface area contributed by atoms with Gasteiger partial charge in [0.05, 0.1) is 18.4 Å². The van der Waals surface area contributed by atoms with E-state index < -0.39 is 0 Å². The van der Waals surface area contributed by atoms with Crippen LogP contribution in [0.1, 0.15) is 51.5 Å². The third kappa shape index (κ3) is 4.72. The number of aromatic nitrogens is 2. The average molecular weight is 396 g/mol. The lowest BCUT2D eigenvalue weighted by atomic mass is 10.1. The van der Waals surface area contributed by atoms with E-state index >= 15 is 0 Å². The van der Waals surface area contributed by atoms with Gasteiger partial charge in [0.1, 0.15) is 11.6 Å². The Morgan fingerprint density at radius 3 is 2.72 bits per heavy atom. The number of hydrogen-bond donors (Lipinski definition) is 0. The fourth-order valence-electron chi connectivity index (χ4n) is 3.76. The molecule has 1 aromatic heterocycles. The minimum atomic E-state index is -0.0371. The van der Waals surface area contributed by atoms with Gasteiger partial charge < -0.3 is 14.5 Å². The highest BCUT2D eigenvalue weighted by Crippen LogP contribution is 2.21. The number of nitrogens with zero attached hydrogens (tertiary/aromatic N) is 4. The van der Waals surface area contributed by atoms with Gasteiger partial charge in [-0.15, -0.1) is 0 Å². The fraction of sp³-hybridized carbons (Fsp3) is 0.455. The van der Waals surface area contributed by atoms with E-state index in [9.17, 15) is 9.59 Å². The zero-order chi connectivity index (χ0) is 21.0. The third-order valence-electron chi connectivity index (χ3n) is 5.50. The number of likely N-dealkylation sites (tertiary alicyclic amines) is 1. The van der Waals surface area contributed by atoms with Crippen molar-refractivity contribution in [1.29, 1.82) is 0 Å². The van der Waals surface area contributed by atoms with E-state index in [-0.39, 0.29) is 17.9 Å². The summed E-state index contributed by atoms with van der Waals surface area (Å²) in [6, 6.07) is 7.28. The van der Waals surface area contributed by atoms with Gasteiger partial charge >= 0.3 is 0 Å². The molecule has 0 saturated carbocycles. The zero-order valence-electron chi connectivity index (χ0n) is 17.5. The summed E-state index contributed by atoms with van der Waals surface area (Å²) in [6.07, 6.45) is 4.06. The Balaban J connectivity index is 1.67. The SMILES string of the molecule is COc1cccc(C(=O)N(C)[C@H]2CCCN(C(=O)c3cnc(C)nc3C)CC2)c1. The van der Waals surface area contributed by atoms with Crippen LogP contribution in [0, 0.1) is 13.8 Å². The van der Waals surface area contributed by atoms with Gasteiger partial charge in [-0.2, -0.15) is 0 Å². The summed E-state index contributed by atoms with van der Waals surface area (Å²) >= 11 is 0. The summed E-state index contributed by atoms with van der Waals surface area (Å²) in [4.78, 5) is 38.0. The van der Waals surface area contributed by atoms with Gasteiger partial charge in [-0.1, -0.05) is 6.07 Å². The summed E-state index contributed by atoms with van der Waals surface area (Å²) in [5.41, 5.74) is 1.86. The Kier molecular flexibility index (Phi) is 6.46. The molecule has 0 spiro atoms. The van der Waals surface area contributed by atoms with Crippen molar-refractivity contribution in [3.05, 3.63) is 53.1 Å². The van der Waals surface area contributed by atoms with Crippen LogP contribution in [-0.2, 0) is 0 Å². The van der Waals surface area contributed by atoms with Crippen LogP contribution in [0.3, 0.4) is 0 Å². The molecule has 0 bridgehead atoms. The van der Waals surface area contributed by atoms with Crippen LogP contribution < -0.4 is 4.74 Å². The van der Waals surface area contributed by atoms with Crippen molar-refractivity contribution in [3.63, 3.8) is 0 Å². The molecule has 2 aromatic rings. The van der Waals surface area contributed by atoms with Crippen LogP contribution >= 0.6 is 0 Å². The van der Waals surface area contributed by atoms with E-state index in [2.05, 4.69) is 9.97 Å². The van der Waals surface area contributed by atoms with Crippen LogP contribution in [0.4, 0.5) is 0 Å². The van der Waals surface area contributed by atoms with E-state index in [1.807, 2.05) is 37.9 Å². The monoisotopic (exact) mass is 396 g/mol. The first-order valence-corrected chi connectivity index (χ1v) is 9.91. The molecule has 0 aliphatic carbocycles. The first kappa shape index (κ1) is 20.8. The second-order valence-electron chi connectivity index (χ2n) is 7.44. The van der Waals surface area contributed by atoms with Gasteiger partial charge in [-0.25, -0.2) is 9.97 Å². The molecule has 2 heterocycles. The van der Waals surface area contributed by atoms with Crippen molar-refractivity contribution in [2.75, 3.05) is 27.2 Å². The number of rotatable bonds is 4. The molecule has 3 rings (SSSR count). The Hall–Kier alpha value is -2.96. The summed E-state index contributed by atoms with van der Waals surface area (Å²) in [5.74, 6) is 1.26. The minimum absolute atomic E-state index is 0.0311. The lowest BCUT2D eigenvalue weighted by molar-refractivity contribution is 0.0709. The largest absolute Gasteiger partial charge is 0.497 e. The summed E-state index contributed by atoms with van der Waals surface area (Å²) in [6.45, 7) is 4.92. The zero-order valence-corrected chi connectivity index (χ0v) is 17.5. The van der Waals surface area contributed by atoms with E-state index in [1.165, 1.54) is 0 Å². The Morgan fingerprint density at radius 2 is 2.00 bits per heavy atom. The number of hydrogen-bond acceptors (Lipinski definition) is 5. The summed E-state index contributed by atoms with van der Waals surface area (Å²) in [5, 5.41) is 0. The molecule has 1 aliphatic rings. The molecule has 0 radical (unpaired) electrons. The molecule has 7 nitrogen and oxygen atoms in total. The smallest absolute Gasteiger partial charge is 0.257 e. The number of ether oxygens (including phenoxy) is 1. The van der Waals surface area contributed by atoms with Crippen LogP contribution in [0.15, 0.2) is 30.5 Å². The highest BCUT2D eigenvalue weighted by Gasteiger charge is 2.27. The predicted octanol–water partition coefficient (Wildman–Crippen LogP) is 2.87.